The third kappa shape index (κ3) is 9.39. The smallest absolute Gasteiger partial charge is 0.133 e. The monoisotopic (exact) mass is 502 g/mol. The molecule has 37 heavy (non-hydrogen) atoms. The van der Waals surface area contributed by atoms with E-state index in [0.29, 0.717) is 52.9 Å². The van der Waals surface area contributed by atoms with E-state index in [-0.39, 0.29) is 0 Å². The van der Waals surface area contributed by atoms with Crippen LogP contribution < -0.4 is 9.47 Å². The van der Waals surface area contributed by atoms with Crippen LogP contribution in [0.5, 0.6) is 11.5 Å². The van der Waals surface area contributed by atoms with Crippen LogP contribution in [-0.4, -0.2) is 52.9 Å². The van der Waals surface area contributed by atoms with Crippen molar-refractivity contribution in [2.45, 2.75) is 0 Å². The predicted octanol–water partition coefficient (Wildman–Crippen LogP) is 7.05. The molecule has 0 amide bonds. The summed E-state index contributed by atoms with van der Waals surface area (Å²) in [6.45, 7) is 26.7. The van der Waals surface area contributed by atoms with Crippen molar-refractivity contribution in [1.29, 1.82) is 0 Å². The molecular formula is C32H38O5. The Balaban J connectivity index is 1.57. The van der Waals surface area contributed by atoms with Crippen molar-refractivity contribution in [3.05, 3.63) is 97.1 Å². The molecule has 0 saturated heterocycles. The van der Waals surface area contributed by atoms with Crippen molar-refractivity contribution >= 4 is 36.5 Å². The zero-order valence-electron chi connectivity index (χ0n) is 21.7. The van der Waals surface area contributed by atoms with Crippen molar-refractivity contribution in [3.8, 4) is 11.5 Å². The van der Waals surface area contributed by atoms with E-state index in [4.69, 9.17) is 23.7 Å². The molecule has 5 heteroatoms. The van der Waals surface area contributed by atoms with Gasteiger partial charge in [0.2, 0.25) is 0 Å². The topological polar surface area (TPSA) is 46.2 Å². The van der Waals surface area contributed by atoms with Gasteiger partial charge in [0.15, 0.2) is 0 Å². The first-order valence-corrected chi connectivity index (χ1v) is 12.2. The number of hydrogen-bond donors (Lipinski definition) is 0. The van der Waals surface area contributed by atoms with Gasteiger partial charge in [0, 0.05) is 22.3 Å². The van der Waals surface area contributed by atoms with Gasteiger partial charge < -0.3 is 23.7 Å². The lowest BCUT2D eigenvalue weighted by molar-refractivity contribution is 0.00495. The zero-order chi connectivity index (χ0) is 26.9. The van der Waals surface area contributed by atoms with Gasteiger partial charge >= 0.3 is 0 Å². The van der Waals surface area contributed by atoms with E-state index in [9.17, 15) is 0 Å². The lowest BCUT2D eigenvalue weighted by Crippen LogP contribution is -2.14. The number of benzene rings is 2. The van der Waals surface area contributed by atoms with Crippen LogP contribution in [0.25, 0.3) is 36.5 Å². The fourth-order valence-corrected chi connectivity index (χ4v) is 3.52. The fourth-order valence-electron chi connectivity index (χ4n) is 3.52. The molecule has 5 nitrogen and oxygen atoms in total. The number of rotatable bonds is 20. The second kappa shape index (κ2) is 16.9. The van der Waals surface area contributed by atoms with E-state index in [0.717, 1.165) is 44.9 Å². The van der Waals surface area contributed by atoms with Crippen molar-refractivity contribution in [3.63, 3.8) is 0 Å². The van der Waals surface area contributed by atoms with Crippen LogP contribution in [0.2, 0.25) is 0 Å². The summed E-state index contributed by atoms with van der Waals surface area (Å²) in [6.07, 6.45) is 10.6. The molecule has 2 aromatic rings. The van der Waals surface area contributed by atoms with Crippen LogP contribution in [0, 0.1) is 0 Å². The maximum Gasteiger partial charge on any atom is 0.133 e. The largest absolute Gasteiger partial charge is 0.490 e. The molecule has 0 radical (unpaired) electrons. The van der Waals surface area contributed by atoms with E-state index in [1.165, 1.54) is 0 Å². The van der Waals surface area contributed by atoms with Gasteiger partial charge in [-0.2, -0.15) is 0 Å². The molecule has 0 aliphatic heterocycles. The van der Waals surface area contributed by atoms with Gasteiger partial charge in [-0.25, -0.2) is 0 Å². The average molecular weight is 503 g/mol. The predicted molar refractivity (Wildman–Crippen MR) is 157 cm³/mol. The maximum atomic E-state index is 5.91. The maximum absolute atomic E-state index is 5.91. The molecular weight excluding hydrogens is 464 g/mol. The Labute approximate surface area is 221 Å². The van der Waals surface area contributed by atoms with Crippen LogP contribution >= 0.6 is 0 Å². The first-order valence-electron chi connectivity index (χ1n) is 12.2. The van der Waals surface area contributed by atoms with Crippen molar-refractivity contribution in [2.24, 2.45) is 0 Å². The first kappa shape index (κ1) is 29.6. The third-order valence-corrected chi connectivity index (χ3v) is 5.38. The zero-order valence-corrected chi connectivity index (χ0v) is 21.7. The van der Waals surface area contributed by atoms with Crippen LogP contribution in [-0.2, 0) is 14.2 Å². The third-order valence-electron chi connectivity index (χ3n) is 5.38. The summed E-state index contributed by atoms with van der Waals surface area (Å²) in [6, 6.07) is 7.90. The second-order valence-corrected chi connectivity index (χ2v) is 7.82. The normalized spacial score (nSPS) is 10.4. The SMILES string of the molecule is C=Cc1cc(C=C)c(OCCOCCOCCOCCOc2c(C=C)cc(C=C)cc2C=C)c(C=C)c1. The highest BCUT2D eigenvalue weighted by atomic mass is 16.6. The van der Waals surface area contributed by atoms with E-state index >= 15 is 0 Å². The highest BCUT2D eigenvalue weighted by Gasteiger charge is 2.09. The van der Waals surface area contributed by atoms with Gasteiger partial charge in [-0.05, 0) is 35.4 Å². The van der Waals surface area contributed by atoms with Crippen LogP contribution in [0.3, 0.4) is 0 Å². The molecule has 0 N–H and O–H groups in total. The van der Waals surface area contributed by atoms with E-state index in [1.807, 2.05) is 24.3 Å². The van der Waals surface area contributed by atoms with E-state index < -0.39 is 0 Å². The number of ether oxygens (including phenoxy) is 5. The highest BCUT2D eigenvalue weighted by Crippen LogP contribution is 2.29. The molecule has 0 heterocycles. The standard InChI is InChI=1S/C32H38O5/c1-7-25-21-27(9-3)31(28(10-4)22-25)36-19-17-34-15-13-33-14-16-35-18-20-37-32-29(11-5)23-26(8-2)24-30(32)12-6/h7-12,21-24H,1-6,13-20H2. The molecule has 0 atom stereocenters. The van der Waals surface area contributed by atoms with E-state index in [2.05, 4.69) is 39.5 Å². The van der Waals surface area contributed by atoms with Crippen LogP contribution in [0.1, 0.15) is 33.4 Å². The molecule has 0 aliphatic carbocycles. The van der Waals surface area contributed by atoms with Gasteiger partial charge in [0.1, 0.15) is 24.7 Å². The molecule has 0 unspecified atom stereocenters. The molecule has 0 spiro atoms. The summed E-state index contributed by atoms with van der Waals surface area (Å²) in [5.41, 5.74) is 5.57. The molecule has 0 bridgehead atoms. The van der Waals surface area contributed by atoms with E-state index in [1.54, 1.807) is 36.5 Å². The lowest BCUT2D eigenvalue weighted by atomic mass is 10.0. The summed E-state index contributed by atoms with van der Waals surface area (Å²) < 4.78 is 28.6. The minimum atomic E-state index is 0.412. The summed E-state index contributed by atoms with van der Waals surface area (Å²) in [7, 11) is 0. The van der Waals surface area contributed by atoms with Crippen LogP contribution in [0.15, 0.2) is 63.7 Å². The Bertz CT molecular complexity index is 939. The summed E-state index contributed by atoms with van der Waals surface area (Å²) in [5.74, 6) is 1.48. The highest BCUT2D eigenvalue weighted by molar-refractivity contribution is 5.72. The molecule has 2 aromatic carbocycles. The Morgan fingerprint density at radius 2 is 0.676 bits per heavy atom. The summed E-state index contributed by atoms with van der Waals surface area (Å²) in [5, 5.41) is 0. The van der Waals surface area contributed by atoms with Crippen LogP contribution in [0.4, 0.5) is 0 Å². The quantitative estimate of drug-likeness (QED) is 0.182. The molecule has 0 saturated carbocycles. The molecule has 2 rings (SSSR count). The average Bonchev–Trinajstić information content (AvgIpc) is 2.94. The van der Waals surface area contributed by atoms with Gasteiger partial charge in [0.25, 0.3) is 0 Å². The minimum Gasteiger partial charge on any atom is -0.490 e. The number of hydrogen-bond acceptors (Lipinski definition) is 5. The Morgan fingerprint density at radius 1 is 0.405 bits per heavy atom. The van der Waals surface area contributed by atoms with Crippen molar-refractivity contribution in [1.82, 2.24) is 0 Å². The molecule has 0 aromatic heterocycles. The fraction of sp³-hybridized carbons (Fsp3) is 0.250. The first-order chi connectivity index (χ1) is 18.1. The molecule has 0 fully saturated rings. The molecule has 196 valence electrons. The Hall–Kier alpha value is -3.64. The molecule has 0 aliphatic rings. The van der Waals surface area contributed by atoms with Crippen molar-refractivity contribution < 1.29 is 23.7 Å². The second-order valence-electron chi connectivity index (χ2n) is 7.82. The Morgan fingerprint density at radius 3 is 0.919 bits per heavy atom. The van der Waals surface area contributed by atoms with Gasteiger partial charge in [0.05, 0.1) is 39.6 Å². The van der Waals surface area contributed by atoms with Crippen molar-refractivity contribution in [2.75, 3.05) is 52.9 Å². The minimum absolute atomic E-state index is 0.412. The van der Waals surface area contributed by atoms with Gasteiger partial charge in [-0.15, -0.1) is 0 Å². The lowest BCUT2D eigenvalue weighted by Gasteiger charge is -2.14. The Kier molecular flexibility index (Phi) is 13.5. The summed E-state index contributed by atoms with van der Waals surface area (Å²) >= 11 is 0. The summed E-state index contributed by atoms with van der Waals surface area (Å²) in [4.78, 5) is 0. The van der Waals surface area contributed by atoms with Gasteiger partial charge in [-0.1, -0.05) is 75.9 Å². The van der Waals surface area contributed by atoms with Gasteiger partial charge in [-0.3, -0.25) is 0 Å².